The smallest absolute Gasteiger partial charge is 0.349 e. The summed E-state index contributed by atoms with van der Waals surface area (Å²) in [6.45, 7) is 0.0907. The number of imide groups is 1. The fraction of sp³-hybridized carbons (Fsp3) is 0.273. The Hall–Kier alpha value is -2.88. The maximum absolute atomic E-state index is 14.8. The van der Waals surface area contributed by atoms with Crippen LogP contribution < -0.4 is 5.32 Å². The lowest BCUT2D eigenvalue weighted by atomic mass is 9.21. The Morgan fingerprint density at radius 1 is 1.00 bits per heavy atom. The van der Waals surface area contributed by atoms with Gasteiger partial charge in [-0.1, -0.05) is 41.1 Å². The van der Waals surface area contributed by atoms with Crippen molar-refractivity contribution in [2.75, 3.05) is 0 Å². The first kappa shape index (κ1) is 29.1. The van der Waals surface area contributed by atoms with Gasteiger partial charge in [0.15, 0.2) is 0 Å². The fourth-order valence-electron chi connectivity index (χ4n) is 5.57. The van der Waals surface area contributed by atoms with Crippen LogP contribution in [0.4, 0.5) is 8.78 Å². The third-order valence-electron chi connectivity index (χ3n) is 9.15. The minimum atomic E-state index is -3.78. The largest absolute Gasteiger partial charge is 0.352 e. The summed E-state index contributed by atoms with van der Waals surface area (Å²) in [5.41, 5.74) is -0.311. The first-order chi connectivity index (χ1) is 17.9. The number of piperidine rings is 1. The van der Waals surface area contributed by atoms with Gasteiger partial charge >= 0.3 is 5.92 Å². The first-order valence-electron chi connectivity index (χ1n) is 12.6. The lowest BCUT2D eigenvalue weighted by molar-refractivity contribution is -0.149. The highest BCUT2D eigenvalue weighted by Crippen LogP contribution is 2.56. The minimum Gasteiger partial charge on any atom is -0.352 e. The maximum Gasteiger partial charge on any atom is 0.349 e. The Kier molecular flexibility index (Phi) is 6.98. The summed E-state index contributed by atoms with van der Waals surface area (Å²) in [6.07, 6.45) is 0. The van der Waals surface area contributed by atoms with Gasteiger partial charge in [0.25, 0.3) is 11.8 Å². The molecule has 2 atom stereocenters. The van der Waals surface area contributed by atoms with Crippen LogP contribution in [-0.4, -0.2) is 93.8 Å². The lowest BCUT2D eigenvalue weighted by Gasteiger charge is -2.61. The van der Waals surface area contributed by atoms with Crippen molar-refractivity contribution in [2.24, 2.45) is 0 Å². The molecule has 0 aliphatic carbocycles. The van der Waals surface area contributed by atoms with Crippen molar-refractivity contribution in [1.82, 2.24) is 15.0 Å². The number of alkyl halides is 2. The quantitative estimate of drug-likeness (QED) is 0.306. The van der Waals surface area contributed by atoms with Gasteiger partial charge in [-0.2, -0.15) is 8.78 Å². The molecule has 2 aliphatic rings. The van der Waals surface area contributed by atoms with Crippen LogP contribution in [0.3, 0.4) is 0 Å². The zero-order valence-corrected chi connectivity index (χ0v) is 23.7. The molecular weight excluding hydrogens is 519 g/mol. The second kappa shape index (κ2) is 9.35. The van der Waals surface area contributed by atoms with Crippen LogP contribution in [0.25, 0.3) is 0 Å². The Morgan fingerprint density at radius 3 is 2.18 bits per heavy atom. The molecule has 17 heteroatoms. The van der Waals surface area contributed by atoms with Crippen molar-refractivity contribution in [3.63, 3.8) is 0 Å². The summed E-state index contributed by atoms with van der Waals surface area (Å²) in [7, 11) is 11.9. The molecule has 1 unspecified atom stereocenters. The van der Waals surface area contributed by atoms with E-state index in [-0.39, 0.29) is 23.4 Å². The van der Waals surface area contributed by atoms with Gasteiger partial charge in [-0.25, -0.2) is 0 Å². The molecule has 0 saturated carbocycles. The van der Waals surface area contributed by atoms with E-state index in [1.54, 1.807) is 49.6 Å². The van der Waals surface area contributed by atoms with Crippen LogP contribution in [0, 0.1) is 0 Å². The molecule has 0 bridgehead atoms. The number of amides is 4. The van der Waals surface area contributed by atoms with E-state index < -0.39 is 45.1 Å². The van der Waals surface area contributed by atoms with Gasteiger partial charge in [-0.15, -0.1) is 0 Å². The Bertz CT molecular complexity index is 1410. The van der Waals surface area contributed by atoms with Crippen molar-refractivity contribution in [1.29, 1.82) is 0 Å². The second-order valence-corrected chi connectivity index (χ2v) is 12.0. The van der Waals surface area contributed by atoms with E-state index in [1.807, 2.05) is 15.7 Å². The molecule has 0 spiro atoms. The van der Waals surface area contributed by atoms with Crippen molar-refractivity contribution >= 4 is 90.3 Å². The van der Waals surface area contributed by atoms with E-state index >= 15 is 0 Å². The van der Waals surface area contributed by atoms with Crippen LogP contribution >= 0.6 is 11.6 Å². The van der Waals surface area contributed by atoms with Crippen molar-refractivity contribution in [2.45, 2.75) is 34.3 Å². The zero-order chi connectivity index (χ0) is 29.3. The number of fused-ring (bicyclic) bond motifs is 1. The van der Waals surface area contributed by atoms with E-state index in [4.69, 9.17) is 11.6 Å². The van der Waals surface area contributed by atoms with Crippen LogP contribution in [0.1, 0.15) is 33.0 Å². The number of nitrogens with one attached hydrogen (secondary N) is 1. The SMILES string of the molecule is BC(NC(=O)C(F)(F)c1ccc(Cl)cc1)c1ccc2c(c1)CN([C@]1(B)C(=O)N(B)C(=O)C(B)(B)C1(B)B)C2=O. The molecule has 2 aromatic carbocycles. The number of carbonyl (C=O) groups excluding carboxylic acids is 4. The number of rotatable bonds is 5. The number of benzene rings is 2. The van der Waals surface area contributed by atoms with Gasteiger partial charge < -0.3 is 15.0 Å². The molecule has 0 aromatic heterocycles. The number of halogens is 3. The van der Waals surface area contributed by atoms with Gasteiger partial charge in [0.1, 0.15) is 47.1 Å². The van der Waals surface area contributed by atoms with Crippen LogP contribution in [0.2, 0.25) is 15.5 Å². The molecule has 0 radical (unpaired) electrons. The summed E-state index contributed by atoms with van der Waals surface area (Å²) in [6, 6.07) is 9.64. The van der Waals surface area contributed by atoms with Crippen molar-refractivity contribution in [3.05, 3.63) is 69.7 Å². The third kappa shape index (κ3) is 4.17. The van der Waals surface area contributed by atoms with E-state index in [0.29, 0.717) is 16.7 Å². The summed E-state index contributed by atoms with van der Waals surface area (Å²) in [5.74, 6) is -7.18. The first-order valence-corrected chi connectivity index (χ1v) is 13.0. The highest BCUT2D eigenvalue weighted by molar-refractivity contribution is 6.68. The Morgan fingerprint density at radius 2 is 1.59 bits per heavy atom. The fourth-order valence-corrected chi connectivity index (χ4v) is 5.69. The molecule has 39 heavy (non-hydrogen) atoms. The van der Waals surface area contributed by atoms with Gasteiger partial charge in [-0.3, -0.25) is 19.2 Å². The molecule has 1 N–H and O–H groups in total. The summed E-state index contributed by atoms with van der Waals surface area (Å²) < 4.78 is 29.6. The van der Waals surface area contributed by atoms with E-state index in [9.17, 15) is 28.0 Å². The van der Waals surface area contributed by atoms with Crippen LogP contribution in [0.15, 0.2) is 42.5 Å². The van der Waals surface area contributed by atoms with E-state index in [0.717, 1.165) is 16.9 Å². The van der Waals surface area contributed by atoms with Gasteiger partial charge in [0.05, 0.1) is 5.44 Å². The highest BCUT2D eigenvalue weighted by atomic mass is 35.5. The van der Waals surface area contributed by atoms with Gasteiger partial charge in [0, 0.05) is 28.6 Å². The molecule has 4 rings (SSSR count). The minimum absolute atomic E-state index is 0.0907. The number of nitrogens with zero attached hydrogens (tertiary/aromatic N) is 2. The second-order valence-electron chi connectivity index (χ2n) is 11.6. The monoisotopic (exact) mass is 545 g/mol. The average Bonchev–Trinajstić information content (AvgIpc) is 3.22. The highest BCUT2D eigenvalue weighted by Gasteiger charge is 2.65. The molecule has 1 saturated heterocycles. The molecule has 1 fully saturated rings. The molecule has 7 nitrogen and oxygen atoms in total. The van der Waals surface area contributed by atoms with E-state index in [1.165, 1.54) is 25.0 Å². The predicted octanol–water partition coefficient (Wildman–Crippen LogP) is -4.15. The number of carbonyl (C=O) groups is 4. The van der Waals surface area contributed by atoms with E-state index in [2.05, 4.69) is 5.32 Å². The molecule has 4 amide bonds. The summed E-state index contributed by atoms with van der Waals surface area (Å²) in [4.78, 5) is 55.2. The molecule has 2 aromatic rings. The van der Waals surface area contributed by atoms with Crippen molar-refractivity contribution in [3.8, 4) is 0 Å². The normalized spacial score (nSPS) is 22.9. The lowest BCUT2D eigenvalue weighted by Crippen LogP contribution is -2.75. The Balaban J connectivity index is 1.60. The average molecular weight is 545 g/mol. The summed E-state index contributed by atoms with van der Waals surface area (Å²) in [5, 5.41) is 0.767. The van der Waals surface area contributed by atoms with Crippen LogP contribution in [0.5, 0.6) is 0 Å². The third-order valence-corrected chi connectivity index (χ3v) is 9.40. The molecule has 194 valence electrons. The van der Waals surface area contributed by atoms with Gasteiger partial charge in [-0.05, 0) is 34.5 Å². The molecule has 2 heterocycles. The van der Waals surface area contributed by atoms with Crippen molar-refractivity contribution < 1.29 is 28.0 Å². The Labute approximate surface area is 237 Å². The summed E-state index contributed by atoms with van der Waals surface area (Å²) >= 11 is 5.77. The topological polar surface area (TPSA) is 86.8 Å². The van der Waals surface area contributed by atoms with Gasteiger partial charge in [0.2, 0.25) is 19.8 Å². The number of hydrogen-bond donors (Lipinski definition) is 1. The standard InChI is InChI=1S/C22H25B7ClF2N3O4/c23-14(33-16(37)19(31,32)11-2-4-12(30)5-3-11)9-1-6-13-10(7-9)8-34(15(13)36)21(26)18(39)35(29)17(38)20(24,25)22(21,27)28/h1-7,14H,8,23-29H2,(H,33,37)/t14?,21-/m1/s1. The van der Waals surface area contributed by atoms with Crippen LogP contribution in [-0.2, 0) is 26.9 Å². The number of hydrogen-bond acceptors (Lipinski definition) is 4. The maximum atomic E-state index is 14.8. The predicted molar refractivity (Wildman–Crippen MR) is 162 cm³/mol. The molecular formula is C22H25B7ClF2N3O4. The molecule has 2 aliphatic heterocycles. The zero-order valence-electron chi connectivity index (χ0n) is 23.0.